The molecule has 0 bridgehead atoms. The van der Waals surface area contributed by atoms with Gasteiger partial charge in [-0.1, -0.05) is 20.8 Å². The van der Waals surface area contributed by atoms with Crippen molar-refractivity contribution in [3.05, 3.63) is 23.2 Å². The molecule has 0 spiro atoms. The predicted octanol–water partition coefficient (Wildman–Crippen LogP) is 3.06. The second-order valence-electron chi connectivity index (χ2n) is 4.55. The average Bonchev–Trinajstić information content (AvgIpc) is 2.47. The number of carbonyl (C=O) groups is 1. The molecule has 1 rings (SSSR count). The molecule has 0 unspecified atom stereocenters. The Labute approximate surface area is 90.4 Å². The van der Waals surface area contributed by atoms with Crippen LogP contribution in [0.25, 0.3) is 0 Å². The Kier molecular flexibility index (Phi) is 3.22. The van der Waals surface area contributed by atoms with Crippen LogP contribution in [0.2, 0.25) is 0 Å². The first kappa shape index (κ1) is 11.8. The van der Waals surface area contributed by atoms with E-state index in [0.717, 1.165) is 5.76 Å². The molecule has 1 aromatic heterocycles. The van der Waals surface area contributed by atoms with Gasteiger partial charge in [0.25, 0.3) is 0 Å². The Bertz CT molecular complexity index is 355. The molecule has 0 atom stereocenters. The summed E-state index contributed by atoms with van der Waals surface area (Å²) in [5, 5.41) is 0. The van der Waals surface area contributed by atoms with Crippen molar-refractivity contribution in [2.24, 2.45) is 0 Å². The van der Waals surface area contributed by atoms with E-state index in [9.17, 15) is 4.79 Å². The molecule has 84 valence electrons. The molecular formula is C12H18O3. The maximum absolute atomic E-state index is 11.5. The number of carbonyl (C=O) groups excluding carboxylic acids is 1. The van der Waals surface area contributed by atoms with E-state index >= 15 is 0 Å². The highest BCUT2D eigenvalue weighted by atomic mass is 16.5. The number of rotatable bonds is 2. The van der Waals surface area contributed by atoms with Gasteiger partial charge in [-0.05, 0) is 19.9 Å². The number of hydrogen-bond acceptors (Lipinski definition) is 3. The predicted molar refractivity (Wildman–Crippen MR) is 58.1 cm³/mol. The van der Waals surface area contributed by atoms with Gasteiger partial charge in [0.15, 0.2) is 0 Å². The van der Waals surface area contributed by atoms with E-state index < -0.39 is 0 Å². The maximum Gasteiger partial charge on any atom is 0.341 e. The molecule has 1 aromatic rings. The Morgan fingerprint density at radius 1 is 1.47 bits per heavy atom. The van der Waals surface area contributed by atoms with E-state index in [1.54, 1.807) is 19.9 Å². The fourth-order valence-corrected chi connectivity index (χ4v) is 1.26. The highest BCUT2D eigenvalue weighted by Crippen LogP contribution is 2.27. The fraction of sp³-hybridized carbons (Fsp3) is 0.583. The first-order valence-corrected chi connectivity index (χ1v) is 5.14. The first-order valence-electron chi connectivity index (χ1n) is 5.14. The number of ether oxygens (including phenoxy) is 1. The Morgan fingerprint density at radius 3 is 2.47 bits per heavy atom. The summed E-state index contributed by atoms with van der Waals surface area (Å²) in [6, 6.07) is 1.77. The molecule has 0 radical (unpaired) electrons. The van der Waals surface area contributed by atoms with Crippen molar-refractivity contribution in [1.29, 1.82) is 0 Å². The monoisotopic (exact) mass is 210 g/mol. The lowest BCUT2D eigenvalue weighted by atomic mass is 9.93. The molecule has 0 N–H and O–H groups in total. The third-order valence-electron chi connectivity index (χ3n) is 2.15. The van der Waals surface area contributed by atoms with Crippen LogP contribution >= 0.6 is 0 Å². The van der Waals surface area contributed by atoms with Crippen molar-refractivity contribution in [2.45, 2.75) is 40.0 Å². The van der Waals surface area contributed by atoms with Gasteiger partial charge in [-0.25, -0.2) is 4.79 Å². The number of furan rings is 1. The Morgan fingerprint density at radius 2 is 2.07 bits per heavy atom. The van der Waals surface area contributed by atoms with Crippen LogP contribution in [-0.4, -0.2) is 12.6 Å². The summed E-state index contributed by atoms with van der Waals surface area (Å²) < 4.78 is 10.5. The van der Waals surface area contributed by atoms with Crippen LogP contribution in [0, 0.1) is 6.92 Å². The van der Waals surface area contributed by atoms with Crippen molar-refractivity contribution in [3.8, 4) is 0 Å². The van der Waals surface area contributed by atoms with E-state index in [-0.39, 0.29) is 11.4 Å². The normalized spacial score (nSPS) is 11.5. The lowest BCUT2D eigenvalue weighted by Gasteiger charge is -2.13. The summed E-state index contributed by atoms with van der Waals surface area (Å²) in [5.41, 5.74) is 0.442. The third kappa shape index (κ3) is 2.61. The van der Waals surface area contributed by atoms with Gasteiger partial charge >= 0.3 is 5.97 Å². The maximum atomic E-state index is 11.5. The van der Waals surface area contributed by atoms with Crippen LogP contribution in [-0.2, 0) is 10.2 Å². The van der Waals surface area contributed by atoms with Gasteiger partial charge in [0, 0.05) is 5.41 Å². The number of esters is 1. The molecule has 0 aliphatic heterocycles. The Hall–Kier alpha value is -1.25. The second kappa shape index (κ2) is 4.09. The molecule has 0 aliphatic carbocycles. The van der Waals surface area contributed by atoms with Gasteiger partial charge in [0.2, 0.25) is 0 Å². The van der Waals surface area contributed by atoms with Gasteiger partial charge in [0.1, 0.15) is 17.1 Å². The number of hydrogen-bond donors (Lipinski definition) is 0. The molecule has 3 nitrogen and oxygen atoms in total. The van der Waals surface area contributed by atoms with Gasteiger partial charge in [-0.3, -0.25) is 0 Å². The topological polar surface area (TPSA) is 39.4 Å². The van der Waals surface area contributed by atoms with E-state index in [2.05, 4.69) is 0 Å². The van der Waals surface area contributed by atoms with Gasteiger partial charge in [0.05, 0.1) is 6.61 Å². The van der Waals surface area contributed by atoms with Crippen LogP contribution < -0.4 is 0 Å². The summed E-state index contributed by atoms with van der Waals surface area (Å²) in [6.45, 7) is 10.1. The van der Waals surface area contributed by atoms with Crippen LogP contribution in [0.15, 0.2) is 10.5 Å². The zero-order chi connectivity index (χ0) is 11.6. The summed E-state index contributed by atoms with van der Waals surface area (Å²) >= 11 is 0. The molecule has 0 saturated carbocycles. The first-order chi connectivity index (χ1) is 6.86. The van der Waals surface area contributed by atoms with Crippen molar-refractivity contribution >= 4 is 5.97 Å². The quantitative estimate of drug-likeness (QED) is 0.704. The molecule has 0 aromatic carbocycles. The highest BCUT2D eigenvalue weighted by molar-refractivity contribution is 5.90. The van der Waals surface area contributed by atoms with E-state index in [1.807, 2.05) is 20.8 Å². The fourth-order valence-electron chi connectivity index (χ4n) is 1.26. The largest absolute Gasteiger partial charge is 0.465 e. The smallest absolute Gasteiger partial charge is 0.341 e. The zero-order valence-corrected chi connectivity index (χ0v) is 10.0. The molecule has 15 heavy (non-hydrogen) atoms. The molecule has 0 aliphatic rings. The SMILES string of the molecule is CCOC(=O)c1cc(C(C)(C)C)oc1C. The lowest BCUT2D eigenvalue weighted by Crippen LogP contribution is -2.09. The summed E-state index contributed by atoms with van der Waals surface area (Å²) in [5.74, 6) is 1.12. The molecule has 1 heterocycles. The van der Waals surface area contributed by atoms with Crippen molar-refractivity contribution in [3.63, 3.8) is 0 Å². The zero-order valence-electron chi connectivity index (χ0n) is 10.0. The molecular weight excluding hydrogens is 192 g/mol. The van der Waals surface area contributed by atoms with E-state index in [0.29, 0.717) is 17.9 Å². The van der Waals surface area contributed by atoms with Crippen molar-refractivity contribution < 1.29 is 13.9 Å². The lowest BCUT2D eigenvalue weighted by molar-refractivity contribution is 0.0524. The molecule has 0 amide bonds. The molecule has 0 fully saturated rings. The Balaban J connectivity index is 3.02. The summed E-state index contributed by atoms with van der Waals surface area (Å²) in [4.78, 5) is 11.5. The van der Waals surface area contributed by atoms with Crippen LogP contribution in [0.4, 0.5) is 0 Å². The van der Waals surface area contributed by atoms with Crippen LogP contribution in [0.5, 0.6) is 0 Å². The van der Waals surface area contributed by atoms with Crippen LogP contribution in [0.3, 0.4) is 0 Å². The van der Waals surface area contributed by atoms with Gasteiger partial charge in [-0.15, -0.1) is 0 Å². The van der Waals surface area contributed by atoms with Crippen LogP contribution in [0.1, 0.15) is 49.6 Å². The minimum atomic E-state index is -0.311. The minimum Gasteiger partial charge on any atom is -0.465 e. The van der Waals surface area contributed by atoms with Gasteiger partial charge in [-0.2, -0.15) is 0 Å². The van der Waals surface area contributed by atoms with E-state index in [4.69, 9.17) is 9.15 Å². The molecule has 3 heteroatoms. The third-order valence-corrected chi connectivity index (χ3v) is 2.15. The standard InChI is InChI=1S/C12H18O3/c1-6-14-11(13)9-7-10(12(3,4)5)15-8(9)2/h7H,6H2,1-5H3. The molecule has 0 saturated heterocycles. The second-order valence-corrected chi connectivity index (χ2v) is 4.55. The summed E-state index contributed by atoms with van der Waals surface area (Å²) in [7, 11) is 0. The van der Waals surface area contributed by atoms with Crippen molar-refractivity contribution in [1.82, 2.24) is 0 Å². The van der Waals surface area contributed by atoms with Gasteiger partial charge < -0.3 is 9.15 Å². The number of aryl methyl sites for hydroxylation is 1. The highest BCUT2D eigenvalue weighted by Gasteiger charge is 2.23. The average molecular weight is 210 g/mol. The summed E-state index contributed by atoms with van der Waals surface area (Å²) in [6.07, 6.45) is 0. The van der Waals surface area contributed by atoms with Crippen molar-refractivity contribution in [2.75, 3.05) is 6.61 Å². The van der Waals surface area contributed by atoms with E-state index in [1.165, 1.54) is 0 Å². The minimum absolute atomic E-state index is 0.0878.